The molecular weight excluding hydrogens is 260 g/mol. The molecule has 2 aromatic heterocycles. The van der Waals surface area contributed by atoms with Crippen LogP contribution in [0.1, 0.15) is 25.1 Å². The molecule has 7 nitrogen and oxygen atoms in total. The fraction of sp³-hybridized carbons (Fsp3) is 0.400. The highest BCUT2D eigenvalue weighted by atomic mass is 35.5. The first-order valence-corrected chi connectivity index (χ1v) is 5.78. The average molecular weight is 271 g/mol. The maximum Gasteiger partial charge on any atom is 0.328 e. The summed E-state index contributed by atoms with van der Waals surface area (Å²) in [7, 11) is 0. The van der Waals surface area contributed by atoms with Crippen LogP contribution in [0.5, 0.6) is 0 Å². The van der Waals surface area contributed by atoms with Gasteiger partial charge in [-0.05, 0) is 6.42 Å². The van der Waals surface area contributed by atoms with Gasteiger partial charge in [0, 0.05) is 12.6 Å². The monoisotopic (exact) mass is 270 g/mol. The lowest BCUT2D eigenvalue weighted by Gasteiger charge is -2.00. The van der Waals surface area contributed by atoms with Crippen molar-refractivity contribution in [1.29, 1.82) is 0 Å². The van der Waals surface area contributed by atoms with Gasteiger partial charge in [0.2, 0.25) is 5.89 Å². The van der Waals surface area contributed by atoms with E-state index in [0.717, 1.165) is 6.42 Å². The molecule has 0 unspecified atom stereocenters. The Labute approximate surface area is 106 Å². The molecule has 0 amide bonds. The quantitative estimate of drug-likeness (QED) is 0.877. The van der Waals surface area contributed by atoms with Crippen molar-refractivity contribution in [2.75, 3.05) is 0 Å². The molecule has 0 radical (unpaired) electrons. The standard InChI is InChI=1S/C10H11ClN4O3/c1-2-3-7-12-8(18-14-7)5-15-4-6(11)9(16)13-10(15)17/h4H,2-3,5H2,1H3,(H,13,16,17). The van der Waals surface area contributed by atoms with Crippen LogP contribution in [-0.4, -0.2) is 19.7 Å². The van der Waals surface area contributed by atoms with E-state index in [-0.39, 0.29) is 11.6 Å². The van der Waals surface area contributed by atoms with Gasteiger partial charge in [0.25, 0.3) is 5.56 Å². The van der Waals surface area contributed by atoms with Crippen molar-refractivity contribution in [1.82, 2.24) is 19.7 Å². The van der Waals surface area contributed by atoms with Gasteiger partial charge in [-0.1, -0.05) is 23.7 Å². The van der Waals surface area contributed by atoms with E-state index >= 15 is 0 Å². The summed E-state index contributed by atoms with van der Waals surface area (Å²) in [5, 5.41) is 3.70. The Balaban J connectivity index is 2.25. The lowest BCUT2D eigenvalue weighted by molar-refractivity contribution is 0.363. The van der Waals surface area contributed by atoms with Crippen LogP contribution in [-0.2, 0) is 13.0 Å². The Morgan fingerprint density at radius 2 is 2.28 bits per heavy atom. The van der Waals surface area contributed by atoms with Crippen molar-refractivity contribution >= 4 is 11.6 Å². The maximum atomic E-state index is 11.5. The van der Waals surface area contributed by atoms with Crippen LogP contribution in [0.3, 0.4) is 0 Å². The second-order valence-corrected chi connectivity index (χ2v) is 4.13. The summed E-state index contributed by atoms with van der Waals surface area (Å²) in [5.74, 6) is 0.889. The molecule has 0 aliphatic rings. The van der Waals surface area contributed by atoms with E-state index < -0.39 is 11.2 Å². The molecule has 2 heterocycles. The minimum atomic E-state index is -0.616. The van der Waals surface area contributed by atoms with Gasteiger partial charge in [0.15, 0.2) is 5.82 Å². The number of nitrogens with one attached hydrogen (secondary N) is 1. The lowest BCUT2D eigenvalue weighted by Crippen LogP contribution is -2.30. The molecule has 1 N–H and O–H groups in total. The van der Waals surface area contributed by atoms with E-state index in [1.54, 1.807) is 0 Å². The Bertz CT molecular complexity index is 658. The normalized spacial score (nSPS) is 10.8. The summed E-state index contributed by atoms with van der Waals surface area (Å²) in [6, 6.07) is 0. The zero-order valence-corrected chi connectivity index (χ0v) is 10.4. The van der Waals surface area contributed by atoms with Gasteiger partial charge in [0.05, 0.1) is 0 Å². The number of aromatic nitrogens is 4. The van der Waals surface area contributed by atoms with Crippen LogP contribution >= 0.6 is 11.6 Å². The van der Waals surface area contributed by atoms with E-state index in [4.69, 9.17) is 16.1 Å². The van der Waals surface area contributed by atoms with Gasteiger partial charge in [-0.2, -0.15) is 4.98 Å². The van der Waals surface area contributed by atoms with Crippen LogP contribution in [0.15, 0.2) is 20.3 Å². The summed E-state index contributed by atoms with van der Waals surface area (Å²) < 4.78 is 6.19. The maximum absolute atomic E-state index is 11.5. The highest BCUT2D eigenvalue weighted by Gasteiger charge is 2.09. The largest absolute Gasteiger partial charge is 0.337 e. The fourth-order valence-electron chi connectivity index (χ4n) is 1.43. The molecule has 0 fully saturated rings. The second-order valence-electron chi connectivity index (χ2n) is 3.72. The molecule has 2 rings (SSSR count). The first kappa shape index (κ1) is 12.6. The van der Waals surface area contributed by atoms with Crippen LogP contribution in [0.4, 0.5) is 0 Å². The number of aryl methyl sites for hydroxylation is 1. The minimum Gasteiger partial charge on any atom is -0.337 e. The van der Waals surface area contributed by atoms with Gasteiger partial charge < -0.3 is 4.52 Å². The highest BCUT2D eigenvalue weighted by Crippen LogP contribution is 2.03. The molecule has 0 aliphatic heterocycles. The highest BCUT2D eigenvalue weighted by molar-refractivity contribution is 6.30. The predicted octanol–water partition coefficient (Wildman–Crippen LogP) is 0.574. The number of hydrogen-bond acceptors (Lipinski definition) is 5. The summed E-state index contributed by atoms with van der Waals surface area (Å²) in [4.78, 5) is 28.8. The molecule has 8 heteroatoms. The summed E-state index contributed by atoms with van der Waals surface area (Å²) in [6.45, 7) is 2.08. The van der Waals surface area contributed by atoms with Crippen LogP contribution < -0.4 is 11.2 Å². The Morgan fingerprint density at radius 3 is 3.00 bits per heavy atom. The number of aromatic amines is 1. The van der Waals surface area contributed by atoms with Crippen molar-refractivity contribution in [3.8, 4) is 0 Å². The Kier molecular flexibility index (Phi) is 3.61. The van der Waals surface area contributed by atoms with Crippen molar-refractivity contribution < 1.29 is 4.52 Å². The van der Waals surface area contributed by atoms with E-state index in [1.165, 1.54) is 10.8 Å². The number of halogens is 1. The first-order chi connectivity index (χ1) is 8.60. The van der Waals surface area contributed by atoms with Crippen molar-refractivity contribution in [3.05, 3.63) is 43.8 Å². The van der Waals surface area contributed by atoms with E-state index in [2.05, 4.69) is 15.1 Å². The number of nitrogens with zero attached hydrogens (tertiary/aromatic N) is 3. The number of hydrogen-bond donors (Lipinski definition) is 1. The van der Waals surface area contributed by atoms with Crippen molar-refractivity contribution in [2.24, 2.45) is 0 Å². The van der Waals surface area contributed by atoms with E-state index in [9.17, 15) is 9.59 Å². The van der Waals surface area contributed by atoms with Crippen molar-refractivity contribution in [3.63, 3.8) is 0 Å². The molecule has 0 bridgehead atoms. The van der Waals surface area contributed by atoms with Crippen molar-refractivity contribution in [2.45, 2.75) is 26.3 Å². The van der Waals surface area contributed by atoms with E-state index in [0.29, 0.717) is 18.1 Å². The first-order valence-electron chi connectivity index (χ1n) is 5.41. The third kappa shape index (κ3) is 2.67. The molecule has 0 atom stereocenters. The smallest absolute Gasteiger partial charge is 0.328 e. The average Bonchev–Trinajstić information content (AvgIpc) is 2.74. The molecule has 2 aromatic rings. The Morgan fingerprint density at radius 1 is 1.50 bits per heavy atom. The minimum absolute atomic E-state index is 0.0668. The van der Waals surface area contributed by atoms with Gasteiger partial charge in [-0.15, -0.1) is 0 Å². The molecule has 0 saturated carbocycles. The topological polar surface area (TPSA) is 93.8 Å². The van der Waals surface area contributed by atoms with Crippen LogP contribution in [0, 0.1) is 0 Å². The molecule has 96 valence electrons. The molecule has 0 spiro atoms. The molecule has 0 aromatic carbocycles. The van der Waals surface area contributed by atoms with Crippen LogP contribution in [0.2, 0.25) is 5.02 Å². The number of rotatable bonds is 4. The van der Waals surface area contributed by atoms with Gasteiger partial charge in [-0.25, -0.2) is 4.79 Å². The van der Waals surface area contributed by atoms with Gasteiger partial charge >= 0.3 is 5.69 Å². The molecular formula is C10H11ClN4O3. The lowest BCUT2D eigenvalue weighted by atomic mass is 10.3. The Hall–Kier alpha value is -1.89. The van der Waals surface area contributed by atoms with Crippen LogP contribution in [0.25, 0.3) is 0 Å². The zero-order chi connectivity index (χ0) is 13.1. The molecule has 18 heavy (non-hydrogen) atoms. The summed E-state index contributed by atoms with van der Waals surface area (Å²) in [6.07, 6.45) is 2.86. The second kappa shape index (κ2) is 5.18. The molecule has 0 saturated heterocycles. The summed E-state index contributed by atoms with van der Waals surface area (Å²) in [5.41, 5.74) is -1.19. The SMILES string of the molecule is CCCc1noc(Cn2cc(Cl)c(=O)[nH]c2=O)n1. The molecule has 0 aliphatic carbocycles. The fourth-order valence-corrected chi connectivity index (χ4v) is 1.59. The summed E-state index contributed by atoms with van der Waals surface area (Å²) >= 11 is 5.64. The number of H-pyrrole nitrogens is 1. The van der Waals surface area contributed by atoms with Gasteiger partial charge in [0.1, 0.15) is 11.6 Å². The predicted molar refractivity (Wildman–Crippen MR) is 63.7 cm³/mol. The third-order valence-electron chi connectivity index (χ3n) is 2.26. The third-order valence-corrected chi connectivity index (χ3v) is 2.53. The van der Waals surface area contributed by atoms with Gasteiger partial charge in [-0.3, -0.25) is 14.3 Å². The zero-order valence-electron chi connectivity index (χ0n) is 9.64. The van der Waals surface area contributed by atoms with E-state index in [1.807, 2.05) is 6.92 Å².